The van der Waals surface area contributed by atoms with E-state index < -0.39 is 35.8 Å². The zero-order chi connectivity index (χ0) is 58.9. The molecule has 0 radical (unpaired) electrons. The number of aryl methyl sites for hydroxylation is 2. The molecule has 0 aliphatic carbocycles. The van der Waals surface area contributed by atoms with Crippen LogP contribution in [-0.2, 0) is 33.4 Å². The van der Waals surface area contributed by atoms with Gasteiger partial charge in [0.2, 0.25) is 29.6 Å². The summed E-state index contributed by atoms with van der Waals surface area (Å²) in [5.41, 5.74) is 5.62. The van der Waals surface area contributed by atoms with Gasteiger partial charge in [0.1, 0.15) is 34.8 Å². The number of aromatic nitrogens is 4. The van der Waals surface area contributed by atoms with Gasteiger partial charge in [-0.15, -0.1) is 11.3 Å². The zero-order valence-corrected chi connectivity index (χ0v) is 49.0. The Bertz CT molecular complexity index is 3430. The molecule has 83 heavy (non-hydrogen) atoms. The first-order chi connectivity index (χ1) is 39.9. The predicted molar refractivity (Wildman–Crippen MR) is 315 cm³/mol. The van der Waals surface area contributed by atoms with Crippen LogP contribution >= 0.6 is 22.9 Å². The zero-order valence-electron chi connectivity index (χ0n) is 47.4. The Labute approximate surface area is 489 Å². The molecule has 2 aliphatic rings. The van der Waals surface area contributed by atoms with Gasteiger partial charge in [0.15, 0.2) is 5.82 Å². The van der Waals surface area contributed by atoms with Gasteiger partial charge in [-0.1, -0.05) is 79.1 Å². The van der Waals surface area contributed by atoms with E-state index in [1.54, 1.807) is 58.8 Å². The van der Waals surface area contributed by atoms with Crippen molar-refractivity contribution >= 4 is 80.0 Å². The fourth-order valence-electron chi connectivity index (χ4n) is 10.6. The van der Waals surface area contributed by atoms with Crippen LogP contribution in [-0.4, -0.2) is 173 Å². The second kappa shape index (κ2) is 27.4. The van der Waals surface area contributed by atoms with Crippen LogP contribution in [0.25, 0.3) is 43.2 Å². The summed E-state index contributed by atoms with van der Waals surface area (Å²) in [5.74, 6) is -1.58. The molecule has 440 valence electrons. The van der Waals surface area contributed by atoms with Gasteiger partial charge in [0.05, 0.1) is 78.6 Å². The molecule has 9 rings (SSSR count). The van der Waals surface area contributed by atoms with E-state index in [9.17, 15) is 29.4 Å². The maximum Gasteiger partial charge on any atom is 0.243 e. The molecular weight excluding hydrogens is 1110 g/mol. The number of nitrogens with one attached hydrogen (secondary N) is 2. The number of rotatable bonds is 24. The Morgan fingerprint density at radius 2 is 1.65 bits per heavy atom. The van der Waals surface area contributed by atoms with E-state index in [-0.39, 0.29) is 117 Å². The van der Waals surface area contributed by atoms with Crippen LogP contribution in [0.15, 0.2) is 82.8 Å². The number of likely N-dealkylation sites (N-methyl/N-ethyl adjacent to an activating group) is 1. The summed E-state index contributed by atoms with van der Waals surface area (Å²) in [7, 11) is 1.68. The van der Waals surface area contributed by atoms with Gasteiger partial charge in [0.25, 0.3) is 0 Å². The molecule has 20 nitrogen and oxygen atoms in total. The number of aromatic hydroxyl groups is 1. The third kappa shape index (κ3) is 14.4. The number of carbonyl (C=O) groups is 4. The topological polar surface area (TPSA) is 238 Å². The third-order valence-electron chi connectivity index (χ3n) is 15.0. The Morgan fingerprint density at radius 1 is 0.928 bits per heavy atom. The molecular formula is C60H70ClFN10O10S. The minimum Gasteiger partial charge on any atom is -0.508 e. The third-order valence-corrected chi connectivity index (χ3v) is 16.3. The van der Waals surface area contributed by atoms with E-state index >= 15 is 4.39 Å². The molecule has 0 spiro atoms. The van der Waals surface area contributed by atoms with Crippen molar-refractivity contribution in [3.63, 3.8) is 0 Å². The minimum absolute atomic E-state index is 0.00584. The fourth-order valence-corrected chi connectivity index (χ4v) is 11.7. The molecule has 4 aromatic carbocycles. The Balaban J connectivity index is 0.750. The lowest BCUT2D eigenvalue weighted by atomic mass is 9.91. The summed E-state index contributed by atoms with van der Waals surface area (Å²) in [4.78, 5) is 75.3. The van der Waals surface area contributed by atoms with Crippen molar-refractivity contribution in [2.75, 3.05) is 103 Å². The second-order valence-electron chi connectivity index (χ2n) is 21.3. The lowest BCUT2D eigenvalue weighted by Gasteiger charge is -2.35. The number of aliphatic hydroxyl groups is 1. The van der Waals surface area contributed by atoms with E-state index in [1.807, 2.05) is 74.2 Å². The van der Waals surface area contributed by atoms with E-state index in [0.717, 1.165) is 21.7 Å². The van der Waals surface area contributed by atoms with E-state index in [0.29, 0.717) is 71.7 Å². The maximum atomic E-state index is 17.0. The van der Waals surface area contributed by atoms with Gasteiger partial charge in [0, 0.05) is 89.6 Å². The molecule has 4 atom stereocenters. The summed E-state index contributed by atoms with van der Waals surface area (Å²) < 4.78 is 40.2. The highest BCUT2D eigenvalue weighted by atomic mass is 35.5. The fraction of sp³-hybridized carbons (Fsp3) is 0.433. The second-order valence-corrected chi connectivity index (χ2v) is 22.5. The number of hydrogen-bond acceptors (Lipinski definition) is 17. The minimum atomic E-state index is -0.924. The smallest absolute Gasteiger partial charge is 0.243 e. The number of halogens is 2. The van der Waals surface area contributed by atoms with Gasteiger partial charge in [-0.05, 0) is 65.4 Å². The van der Waals surface area contributed by atoms with Gasteiger partial charge < -0.3 is 59.2 Å². The lowest BCUT2D eigenvalue weighted by molar-refractivity contribution is -0.141. The van der Waals surface area contributed by atoms with Crippen molar-refractivity contribution in [1.82, 2.24) is 40.1 Å². The number of aliphatic hydroxyl groups excluding tert-OH is 1. The average Bonchev–Trinajstić information content (AvgIpc) is 4.03. The largest absolute Gasteiger partial charge is 0.508 e. The summed E-state index contributed by atoms with van der Waals surface area (Å²) in [6.07, 6.45) is -0.732. The summed E-state index contributed by atoms with van der Waals surface area (Å²) in [6.45, 7) is 12.6. The van der Waals surface area contributed by atoms with E-state index in [4.69, 9.17) is 35.3 Å². The number of fused-ring (bicyclic) bond motifs is 2. The number of ether oxygens (including phenoxy) is 3. The number of carbonyl (C=O) groups excluding carboxylic acids is 4. The van der Waals surface area contributed by atoms with Gasteiger partial charge in [-0.3, -0.25) is 19.2 Å². The predicted octanol–water partition coefficient (Wildman–Crippen LogP) is 7.91. The van der Waals surface area contributed by atoms with Crippen molar-refractivity contribution in [1.29, 1.82) is 0 Å². The normalized spacial score (nSPS) is 16.2. The van der Waals surface area contributed by atoms with Gasteiger partial charge >= 0.3 is 0 Å². The molecule has 23 heteroatoms. The first-order valence-electron chi connectivity index (χ1n) is 27.8. The number of phenols is 1. The van der Waals surface area contributed by atoms with E-state index in [1.165, 1.54) is 17.9 Å². The highest BCUT2D eigenvalue weighted by Crippen LogP contribution is 2.43. The highest BCUT2D eigenvalue weighted by molar-refractivity contribution is 7.13. The van der Waals surface area contributed by atoms with Gasteiger partial charge in [-0.2, -0.15) is 4.98 Å². The maximum absolute atomic E-state index is 17.0. The number of benzene rings is 4. The van der Waals surface area contributed by atoms with Crippen molar-refractivity contribution in [2.45, 2.75) is 71.6 Å². The number of hydrogen-bond donors (Lipinski definition) is 4. The Morgan fingerprint density at radius 3 is 2.34 bits per heavy atom. The SMILES string of the molecule is CC(=O)N1CCN(c2nc(NCCC(=O)N(C)CCOCCOCCOC[C@H](NC(=O)[C@@H]3C[C@@H](O)CN3C(=O)C(c3cc(C)no3)C(C)C)c3ccc(-c4scnc4C)cc3)nc3c(F)c(-c4cc(O)cc5ccccc45)c(Cl)cc23)CC1. The molecule has 0 saturated carbocycles. The molecule has 4 N–H and O–H groups in total. The molecule has 4 amide bonds. The Hall–Kier alpha value is -7.34. The molecule has 2 aliphatic heterocycles. The lowest BCUT2D eigenvalue weighted by Crippen LogP contribution is -2.49. The van der Waals surface area contributed by atoms with Crippen molar-refractivity contribution in [2.24, 2.45) is 5.92 Å². The number of likely N-dealkylation sites (tertiary alicyclic amines) is 1. The average molecular weight is 1180 g/mol. The Kier molecular flexibility index (Phi) is 19.9. The first kappa shape index (κ1) is 60.3. The monoisotopic (exact) mass is 1180 g/mol. The van der Waals surface area contributed by atoms with Crippen LogP contribution < -0.4 is 15.5 Å². The summed E-state index contributed by atoms with van der Waals surface area (Å²) >= 11 is 8.44. The van der Waals surface area contributed by atoms with Crippen LogP contribution in [0.5, 0.6) is 5.75 Å². The summed E-state index contributed by atoms with van der Waals surface area (Å²) in [5, 5.41) is 33.5. The van der Waals surface area contributed by atoms with Crippen molar-refractivity contribution < 1.29 is 52.5 Å². The number of β-amino-alcohol motifs (C(OH)–C–C–N with tert-alkyl or cyclic N) is 1. The van der Waals surface area contributed by atoms with Crippen LogP contribution in [0.4, 0.5) is 16.2 Å². The molecule has 0 bridgehead atoms. The van der Waals surface area contributed by atoms with Crippen LogP contribution in [0.3, 0.4) is 0 Å². The quantitative estimate of drug-likeness (QED) is 0.0421. The molecule has 3 aromatic heterocycles. The van der Waals surface area contributed by atoms with Crippen molar-refractivity contribution in [3.8, 4) is 27.3 Å². The summed E-state index contributed by atoms with van der Waals surface area (Å²) in [6, 6.07) is 20.0. The number of piperazine rings is 1. The number of phenolic OH excluding ortho intramolecular Hbond substituents is 1. The molecule has 5 heterocycles. The highest BCUT2D eigenvalue weighted by Gasteiger charge is 2.44. The number of thiazole rings is 1. The van der Waals surface area contributed by atoms with Crippen LogP contribution in [0.2, 0.25) is 5.02 Å². The van der Waals surface area contributed by atoms with Crippen LogP contribution in [0, 0.1) is 25.6 Å². The first-order valence-corrected chi connectivity index (χ1v) is 29.1. The molecule has 2 saturated heterocycles. The number of amides is 4. The molecule has 1 unspecified atom stereocenters. The number of nitrogens with zero attached hydrogens (tertiary/aromatic N) is 8. The van der Waals surface area contributed by atoms with Crippen LogP contribution in [0.1, 0.15) is 68.3 Å². The van der Waals surface area contributed by atoms with Crippen molar-refractivity contribution in [3.05, 3.63) is 112 Å². The molecule has 2 fully saturated rings. The number of anilines is 2. The van der Waals surface area contributed by atoms with E-state index in [2.05, 4.69) is 25.8 Å². The molecule has 7 aromatic rings. The standard InChI is InChI=1S/C60H70ClFN10O10S/c1-35(2)52(50-27-36(3)68-82-50)59(78)72-32-43(75)30-49(72)58(77)65-48(39-11-13-40(14-12-39)56-37(4)64-34-83-56)33-81-26-25-80-24-23-79-22-21-69(6)51(76)15-16-63-60-66-55-46(57(67-60)71-19-17-70(18-20-71)38(5)73)31-47(61)53(54(55)62)45-29-42(74)28-41-9-7-8-10-44(41)45/h7-14,27-29,31,34-35,43,48-49,52,74-75H,15-26,30,32-33H2,1-6H3,(H,65,77)(H,63,66,67)/t43-,48+,49+,52?/m1/s1. The van der Waals surface area contributed by atoms with Gasteiger partial charge in [-0.25, -0.2) is 14.4 Å².